The third-order valence-corrected chi connectivity index (χ3v) is 7.82. The number of methoxy groups -OCH3 is 1. The van der Waals surface area contributed by atoms with E-state index in [2.05, 4.69) is 14.9 Å². The van der Waals surface area contributed by atoms with Gasteiger partial charge in [-0.1, -0.05) is 22.9 Å². The van der Waals surface area contributed by atoms with Crippen LogP contribution in [0.25, 0.3) is 10.3 Å². The van der Waals surface area contributed by atoms with E-state index in [4.69, 9.17) is 16.3 Å². The number of pyridine rings is 1. The molecule has 0 N–H and O–H groups in total. The van der Waals surface area contributed by atoms with Gasteiger partial charge in [-0.3, -0.25) is 0 Å². The Kier molecular flexibility index (Phi) is 5.42. The van der Waals surface area contributed by atoms with Gasteiger partial charge in [-0.15, -0.1) is 0 Å². The molecule has 0 unspecified atom stereocenters. The summed E-state index contributed by atoms with van der Waals surface area (Å²) in [5.41, 5.74) is 0.861. The van der Waals surface area contributed by atoms with Crippen LogP contribution in [0.5, 0.6) is 5.75 Å². The quantitative estimate of drug-likeness (QED) is 0.622. The summed E-state index contributed by atoms with van der Waals surface area (Å²) >= 11 is 7.56. The minimum absolute atomic E-state index is 0.0973. The Morgan fingerprint density at radius 2 is 2.04 bits per heavy atom. The van der Waals surface area contributed by atoms with E-state index in [0.29, 0.717) is 36.8 Å². The van der Waals surface area contributed by atoms with Gasteiger partial charge in [0.15, 0.2) is 5.13 Å². The molecule has 10 heteroatoms. The summed E-state index contributed by atoms with van der Waals surface area (Å²) in [5.74, 6) is 0.294. The zero-order valence-corrected chi connectivity index (χ0v) is 17.6. The van der Waals surface area contributed by atoms with Gasteiger partial charge in [0, 0.05) is 37.4 Å². The van der Waals surface area contributed by atoms with Crippen molar-refractivity contribution in [3.8, 4) is 5.75 Å². The average Bonchev–Trinajstić information content (AvgIpc) is 2.96. The maximum atomic E-state index is 13.2. The molecular weight excluding hydrogens is 420 g/mol. The molecule has 0 saturated carbocycles. The summed E-state index contributed by atoms with van der Waals surface area (Å²) < 4.78 is 33.1. The molecule has 0 radical (unpaired) electrons. The Hall–Kier alpha value is -1.94. The van der Waals surface area contributed by atoms with Gasteiger partial charge >= 0.3 is 0 Å². The van der Waals surface area contributed by atoms with Crippen LogP contribution in [0.2, 0.25) is 5.02 Å². The molecule has 4 rings (SSSR count). The van der Waals surface area contributed by atoms with Crippen LogP contribution >= 0.6 is 22.9 Å². The monoisotopic (exact) mass is 438 g/mol. The van der Waals surface area contributed by atoms with E-state index in [1.807, 2.05) is 12.1 Å². The smallest absolute Gasteiger partial charge is 0.246 e. The van der Waals surface area contributed by atoms with Crippen molar-refractivity contribution in [3.63, 3.8) is 0 Å². The van der Waals surface area contributed by atoms with Crippen LogP contribution in [0, 0.1) is 0 Å². The van der Waals surface area contributed by atoms with E-state index in [9.17, 15) is 8.42 Å². The van der Waals surface area contributed by atoms with Crippen LogP contribution in [-0.4, -0.2) is 56.0 Å². The molecule has 2 aromatic heterocycles. The number of sulfonamides is 1. The predicted molar refractivity (Wildman–Crippen MR) is 111 cm³/mol. The van der Waals surface area contributed by atoms with E-state index in [0.717, 1.165) is 22.0 Å². The molecule has 3 aromatic rings. The molecule has 1 aliphatic rings. The third-order valence-electron chi connectivity index (χ3n) is 4.62. The first-order chi connectivity index (χ1) is 13.5. The van der Waals surface area contributed by atoms with Crippen molar-refractivity contribution in [2.24, 2.45) is 0 Å². The fourth-order valence-electron chi connectivity index (χ4n) is 3.21. The number of anilines is 1. The van der Waals surface area contributed by atoms with Crippen LogP contribution in [0.15, 0.2) is 41.4 Å². The van der Waals surface area contributed by atoms with Gasteiger partial charge < -0.3 is 9.64 Å². The van der Waals surface area contributed by atoms with E-state index in [1.54, 1.807) is 18.3 Å². The molecule has 7 nitrogen and oxygen atoms in total. The Morgan fingerprint density at radius 1 is 1.18 bits per heavy atom. The predicted octanol–water partition coefficient (Wildman–Crippen LogP) is 3.25. The van der Waals surface area contributed by atoms with Crippen molar-refractivity contribution in [1.29, 1.82) is 0 Å². The maximum Gasteiger partial charge on any atom is 0.246 e. The maximum absolute atomic E-state index is 13.2. The summed E-state index contributed by atoms with van der Waals surface area (Å²) in [5, 5.41) is 1.23. The highest BCUT2D eigenvalue weighted by molar-refractivity contribution is 7.89. The molecule has 148 valence electrons. The van der Waals surface area contributed by atoms with Gasteiger partial charge in [0.1, 0.15) is 21.0 Å². The van der Waals surface area contributed by atoms with Crippen molar-refractivity contribution in [1.82, 2.24) is 14.3 Å². The Labute approximate surface area is 172 Å². The van der Waals surface area contributed by atoms with Crippen molar-refractivity contribution < 1.29 is 13.2 Å². The van der Waals surface area contributed by atoms with Crippen LogP contribution < -0.4 is 9.64 Å². The average molecular weight is 439 g/mol. The second-order valence-electron chi connectivity index (χ2n) is 6.36. The van der Waals surface area contributed by atoms with Gasteiger partial charge in [0.05, 0.1) is 7.11 Å². The number of halogens is 1. The number of nitrogens with zero attached hydrogens (tertiary/aromatic N) is 4. The van der Waals surface area contributed by atoms with Crippen molar-refractivity contribution >= 4 is 48.4 Å². The Balaban J connectivity index is 1.57. The SMILES string of the molecule is COc1ccc(Cl)cc1S(=O)(=O)N1CCCN(c2nc3cccnc3s2)CC1. The number of rotatable bonds is 4. The molecule has 3 heterocycles. The van der Waals surface area contributed by atoms with E-state index < -0.39 is 10.0 Å². The summed E-state index contributed by atoms with van der Waals surface area (Å²) in [6.45, 7) is 2.08. The highest BCUT2D eigenvalue weighted by atomic mass is 35.5. The Morgan fingerprint density at radius 3 is 2.82 bits per heavy atom. The molecule has 28 heavy (non-hydrogen) atoms. The number of ether oxygens (including phenoxy) is 1. The molecular formula is C18H19ClN4O3S2. The third kappa shape index (κ3) is 3.67. The topological polar surface area (TPSA) is 75.6 Å². The number of hydrogen-bond acceptors (Lipinski definition) is 7. The Bertz CT molecular complexity index is 1070. The van der Waals surface area contributed by atoms with Gasteiger partial charge in [-0.05, 0) is 36.8 Å². The minimum atomic E-state index is -3.71. The van der Waals surface area contributed by atoms with Crippen molar-refractivity contribution in [3.05, 3.63) is 41.6 Å². The van der Waals surface area contributed by atoms with Crippen LogP contribution in [0.4, 0.5) is 5.13 Å². The zero-order valence-electron chi connectivity index (χ0n) is 15.2. The van der Waals surface area contributed by atoms with Gasteiger partial charge in [0.25, 0.3) is 0 Å². The lowest BCUT2D eigenvalue weighted by Gasteiger charge is -2.22. The molecule has 1 aliphatic heterocycles. The van der Waals surface area contributed by atoms with Crippen LogP contribution in [0.3, 0.4) is 0 Å². The van der Waals surface area contributed by atoms with E-state index in [1.165, 1.54) is 28.8 Å². The highest BCUT2D eigenvalue weighted by Gasteiger charge is 2.30. The largest absolute Gasteiger partial charge is 0.495 e. The van der Waals surface area contributed by atoms with Gasteiger partial charge in [-0.2, -0.15) is 4.31 Å². The molecule has 0 amide bonds. The summed E-state index contributed by atoms with van der Waals surface area (Å²) in [6.07, 6.45) is 2.45. The minimum Gasteiger partial charge on any atom is -0.495 e. The molecule has 0 atom stereocenters. The normalized spacial score (nSPS) is 16.3. The van der Waals surface area contributed by atoms with E-state index >= 15 is 0 Å². The molecule has 0 spiro atoms. The number of hydrogen-bond donors (Lipinski definition) is 0. The number of fused-ring (bicyclic) bond motifs is 1. The second-order valence-corrected chi connectivity index (χ2v) is 9.66. The van der Waals surface area contributed by atoms with Crippen LogP contribution in [0.1, 0.15) is 6.42 Å². The van der Waals surface area contributed by atoms with Crippen LogP contribution in [-0.2, 0) is 10.0 Å². The number of benzene rings is 1. The highest BCUT2D eigenvalue weighted by Crippen LogP contribution is 2.31. The first-order valence-electron chi connectivity index (χ1n) is 8.79. The molecule has 1 saturated heterocycles. The molecule has 1 aromatic carbocycles. The summed E-state index contributed by atoms with van der Waals surface area (Å²) in [6, 6.07) is 8.43. The lowest BCUT2D eigenvalue weighted by molar-refractivity contribution is 0.393. The summed E-state index contributed by atoms with van der Waals surface area (Å²) in [7, 11) is -2.26. The number of aromatic nitrogens is 2. The lowest BCUT2D eigenvalue weighted by atomic mass is 10.3. The molecule has 0 aliphatic carbocycles. The van der Waals surface area contributed by atoms with Crippen molar-refractivity contribution in [2.45, 2.75) is 11.3 Å². The second kappa shape index (κ2) is 7.82. The first kappa shape index (κ1) is 19.4. The standard InChI is InChI=1S/C18H19ClN4O3S2/c1-26-15-6-5-13(19)12-16(15)28(24,25)23-9-3-8-22(10-11-23)18-21-14-4-2-7-20-17(14)27-18/h2,4-7,12H,3,8-11H2,1H3. The van der Waals surface area contributed by atoms with Gasteiger partial charge in [-0.25, -0.2) is 18.4 Å². The van der Waals surface area contributed by atoms with Crippen molar-refractivity contribution in [2.75, 3.05) is 38.2 Å². The first-order valence-corrected chi connectivity index (χ1v) is 11.4. The van der Waals surface area contributed by atoms with E-state index in [-0.39, 0.29) is 4.90 Å². The zero-order chi connectivity index (χ0) is 19.7. The molecule has 0 bridgehead atoms. The lowest BCUT2D eigenvalue weighted by Crippen LogP contribution is -2.35. The summed E-state index contributed by atoms with van der Waals surface area (Å²) in [4.78, 5) is 12.1. The molecule has 1 fully saturated rings. The fourth-order valence-corrected chi connectivity index (χ4v) is 6.06. The fraction of sp³-hybridized carbons (Fsp3) is 0.333. The van der Waals surface area contributed by atoms with Gasteiger partial charge in [0.2, 0.25) is 10.0 Å². The number of thiazole rings is 1.